The highest BCUT2D eigenvalue weighted by Gasteiger charge is 2.53. The molecule has 0 aliphatic heterocycles. The number of nitrogens with one attached hydrogen (secondary N) is 1. The van der Waals surface area contributed by atoms with E-state index in [1.165, 1.54) is 12.1 Å². The van der Waals surface area contributed by atoms with Crippen molar-refractivity contribution in [3.05, 3.63) is 29.6 Å². The largest absolute Gasteiger partial charge is 0.481 e. The van der Waals surface area contributed by atoms with E-state index in [1.807, 2.05) is 0 Å². The smallest absolute Gasteiger partial charge is 0.307 e. The summed E-state index contributed by atoms with van der Waals surface area (Å²) < 4.78 is 13.3. The molecule has 5 heteroatoms. The number of amides is 1. The number of carboxylic acid groups (broad SMARTS) is 1. The standard InChI is InChI=1S/C16H18FNO3/c1-8-2-5-11(17)7-12(8)18-15(19)13-9-3-4-10(6-9)14(13)16(20)21/h2,5,7,9-10,13-14H,3-4,6H2,1H3,(H,18,19)(H,20,21)/t9-,10-,13-,14+/m0/s1. The van der Waals surface area contributed by atoms with Crippen molar-refractivity contribution in [3.8, 4) is 0 Å². The molecule has 2 aliphatic rings. The molecule has 4 nitrogen and oxygen atoms in total. The summed E-state index contributed by atoms with van der Waals surface area (Å²) >= 11 is 0. The van der Waals surface area contributed by atoms with Crippen molar-refractivity contribution in [2.24, 2.45) is 23.7 Å². The van der Waals surface area contributed by atoms with Gasteiger partial charge in [0.05, 0.1) is 11.8 Å². The number of halogens is 1. The molecule has 0 aromatic heterocycles. The van der Waals surface area contributed by atoms with Crippen molar-refractivity contribution in [1.29, 1.82) is 0 Å². The minimum atomic E-state index is -0.890. The van der Waals surface area contributed by atoms with Crippen LogP contribution >= 0.6 is 0 Å². The van der Waals surface area contributed by atoms with E-state index in [-0.39, 0.29) is 17.7 Å². The Morgan fingerprint density at radius 3 is 2.57 bits per heavy atom. The zero-order chi connectivity index (χ0) is 15.1. The summed E-state index contributed by atoms with van der Waals surface area (Å²) in [4.78, 5) is 23.9. The highest BCUT2D eigenvalue weighted by molar-refractivity contribution is 5.96. The first-order valence-electron chi connectivity index (χ1n) is 7.27. The number of carbonyl (C=O) groups excluding carboxylic acids is 1. The van der Waals surface area contributed by atoms with E-state index < -0.39 is 23.6 Å². The Morgan fingerprint density at radius 2 is 1.90 bits per heavy atom. The van der Waals surface area contributed by atoms with Crippen molar-refractivity contribution in [2.75, 3.05) is 5.32 Å². The van der Waals surface area contributed by atoms with Gasteiger partial charge in [-0.25, -0.2) is 4.39 Å². The van der Waals surface area contributed by atoms with Gasteiger partial charge in [-0.2, -0.15) is 0 Å². The van der Waals surface area contributed by atoms with Crippen molar-refractivity contribution >= 4 is 17.6 Å². The van der Waals surface area contributed by atoms with Crippen LogP contribution in [0.5, 0.6) is 0 Å². The van der Waals surface area contributed by atoms with E-state index in [4.69, 9.17) is 0 Å². The molecule has 0 unspecified atom stereocenters. The number of hydrogen-bond acceptors (Lipinski definition) is 2. The first-order valence-corrected chi connectivity index (χ1v) is 7.27. The van der Waals surface area contributed by atoms with Gasteiger partial charge in [-0.15, -0.1) is 0 Å². The predicted octanol–water partition coefficient (Wildman–Crippen LogP) is 2.82. The molecule has 4 atom stereocenters. The fourth-order valence-electron chi connectivity index (χ4n) is 3.97. The number of anilines is 1. The van der Waals surface area contributed by atoms with Crippen LogP contribution in [0.4, 0.5) is 10.1 Å². The van der Waals surface area contributed by atoms with E-state index in [9.17, 15) is 19.1 Å². The highest BCUT2D eigenvalue weighted by Crippen LogP contribution is 2.52. The van der Waals surface area contributed by atoms with E-state index >= 15 is 0 Å². The summed E-state index contributed by atoms with van der Waals surface area (Å²) in [5.41, 5.74) is 1.19. The Labute approximate surface area is 122 Å². The first-order chi connectivity index (χ1) is 9.97. The average Bonchev–Trinajstić information content (AvgIpc) is 3.03. The fourth-order valence-corrected chi connectivity index (χ4v) is 3.97. The minimum Gasteiger partial charge on any atom is -0.481 e. The molecule has 1 aromatic carbocycles. The summed E-state index contributed by atoms with van der Waals surface area (Å²) in [6.45, 7) is 1.78. The SMILES string of the molecule is Cc1ccc(F)cc1NC(=O)[C@H]1[C@H]2CC[C@@H](C2)[C@H]1C(=O)O. The van der Waals surface area contributed by atoms with Gasteiger partial charge in [-0.1, -0.05) is 6.07 Å². The Morgan fingerprint density at radius 1 is 1.24 bits per heavy atom. The highest BCUT2D eigenvalue weighted by atomic mass is 19.1. The van der Waals surface area contributed by atoms with Crippen LogP contribution in [-0.2, 0) is 9.59 Å². The number of carboxylic acids is 1. The number of carbonyl (C=O) groups is 2. The zero-order valence-electron chi connectivity index (χ0n) is 11.8. The number of aliphatic carboxylic acids is 1. The molecule has 2 aliphatic carbocycles. The van der Waals surface area contributed by atoms with Gasteiger partial charge in [-0.3, -0.25) is 9.59 Å². The fraction of sp³-hybridized carbons (Fsp3) is 0.500. The van der Waals surface area contributed by atoms with Gasteiger partial charge in [0.15, 0.2) is 0 Å². The lowest BCUT2D eigenvalue weighted by Gasteiger charge is -2.27. The van der Waals surface area contributed by atoms with Crippen LogP contribution in [0.25, 0.3) is 0 Å². The van der Waals surface area contributed by atoms with E-state index in [0.29, 0.717) is 5.69 Å². The third kappa shape index (κ3) is 2.41. The van der Waals surface area contributed by atoms with Gasteiger partial charge in [0.1, 0.15) is 5.82 Å². The van der Waals surface area contributed by atoms with Gasteiger partial charge in [0.25, 0.3) is 0 Å². The summed E-state index contributed by atoms with van der Waals surface area (Å²) in [5, 5.41) is 12.1. The van der Waals surface area contributed by atoms with Crippen LogP contribution < -0.4 is 5.32 Å². The molecule has 0 radical (unpaired) electrons. The molecule has 1 aromatic rings. The van der Waals surface area contributed by atoms with Gasteiger partial charge >= 0.3 is 5.97 Å². The van der Waals surface area contributed by atoms with Crippen LogP contribution in [0.2, 0.25) is 0 Å². The maximum atomic E-state index is 13.3. The molecule has 2 bridgehead atoms. The van der Waals surface area contributed by atoms with Crippen molar-refractivity contribution in [2.45, 2.75) is 26.2 Å². The quantitative estimate of drug-likeness (QED) is 0.900. The van der Waals surface area contributed by atoms with Crippen LogP contribution in [0, 0.1) is 36.4 Å². The number of aryl methyl sites for hydroxylation is 1. The summed E-state index contributed by atoms with van der Waals surface area (Å²) in [6.07, 6.45) is 2.62. The van der Waals surface area contributed by atoms with E-state index in [2.05, 4.69) is 5.32 Å². The monoisotopic (exact) mass is 291 g/mol. The van der Waals surface area contributed by atoms with E-state index in [0.717, 1.165) is 24.8 Å². The predicted molar refractivity (Wildman–Crippen MR) is 75.2 cm³/mol. The summed E-state index contributed by atoms with van der Waals surface area (Å²) in [7, 11) is 0. The lowest BCUT2D eigenvalue weighted by Crippen LogP contribution is -2.38. The Bertz CT molecular complexity index is 601. The molecule has 2 fully saturated rings. The Hall–Kier alpha value is -1.91. The van der Waals surface area contributed by atoms with Crippen LogP contribution in [0.15, 0.2) is 18.2 Å². The molecular formula is C16H18FNO3. The molecular weight excluding hydrogens is 273 g/mol. The van der Waals surface area contributed by atoms with Crippen molar-refractivity contribution < 1.29 is 19.1 Å². The second-order valence-corrected chi connectivity index (χ2v) is 6.17. The molecule has 2 N–H and O–H groups in total. The van der Waals surface area contributed by atoms with Crippen molar-refractivity contribution in [3.63, 3.8) is 0 Å². The van der Waals surface area contributed by atoms with Crippen molar-refractivity contribution in [1.82, 2.24) is 0 Å². The molecule has 3 rings (SSSR count). The topological polar surface area (TPSA) is 66.4 Å². The second kappa shape index (κ2) is 5.13. The first kappa shape index (κ1) is 14.0. The number of rotatable bonds is 3. The second-order valence-electron chi connectivity index (χ2n) is 6.17. The molecule has 1 amide bonds. The zero-order valence-corrected chi connectivity index (χ0v) is 11.8. The minimum absolute atomic E-state index is 0.108. The molecule has 2 saturated carbocycles. The number of hydrogen-bond donors (Lipinski definition) is 2. The lowest BCUT2D eigenvalue weighted by molar-refractivity contribution is -0.148. The Balaban J connectivity index is 1.81. The number of fused-ring (bicyclic) bond motifs is 2. The molecule has 0 spiro atoms. The average molecular weight is 291 g/mol. The van der Waals surface area contributed by atoms with Gasteiger partial charge in [0.2, 0.25) is 5.91 Å². The molecule has 21 heavy (non-hydrogen) atoms. The van der Waals surface area contributed by atoms with Gasteiger partial charge in [-0.05, 0) is 55.7 Å². The van der Waals surface area contributed by atoms with Crippen LogP contribution in [0.3, 0.4) is 0 Å². The van der Waals surface area contributed by atoms with Gasteiger partial charge in [0, 0.05) is 5.69 Å². The lowest BCUT2D eigenvalue weighted by atomic mass is 9.78. The normalized spacial score (nSPS) is 30.4. The number of benzene rings is 1. The maximum absolute atomic E-state index is 13.3. The maximum Gasteiger partial charge on any atom is 0.307 e. The van der Waals surface area contributed by atoms with Gasteiger partial charge < -0.3 is 10.4 Å². The summed E-state index contributed by atoms with van der Waals surface area (Å²) in [6, 6.07) is 4.21. The molecule has 0 heterocycles. The molecule has 0 saturated heterocycles. The third-order valence-electron chi connectivity index (χ3n) is 4.96. The Kier molecular flexibility index (Phi) is 3.43. The third-order valence-corrected chi connectivity index (χ3v) is 4.96. The molecule has 112 valence electrons. The summed E-state index contributed by atoms with van der Waals surface area (Å²) in [5.74, 6) is -2.44. The van der Waals surface area contributed by atoms with Crippen LogP contribution in [-0.4, -0.2) is 17.0 Å². The van der Waals surface area contributed by atoms with E-state index in [1.54, 1.807) is 13.0 Å². The van der Waals surface area contributed by atoms with Crippen LogP contribution in [0.1, 0.15) is 24.8 Å².